The van der Waals surface area contributed by atoms with Crippen LogP contribution in [0.2, 0.25) is 0 Å². The molecule has 0 aromatic heterocycles. The maximum atomic E-state index is 13.1. The average molecular weight is 383 g/mol. The number of sulfonamides is 1. The fourth-order valence-electron chi connectivity index (χ4n) is 2.35. The number of hydrogen-bond acceptors (Lipinski definition) is 5. The standard InChI is InChI=1S/C16H15ClN2O5S/c1-11-7-8-12(2)14(9-11)18(10-16(17)20)25(23,24)15-6-4-3-5-13(15)19(21)22/h3-9H,10H2,1-2H3. The van der Waals surface area contributed by atoms with E-state index >= 15 is 0 Å². The Bertz CT molecular complexity index is 943. The average Bonchev–Trinajstić information content (AvgIpc) is 2.54. The van der Waals surface area contributed by atoms with E-state index in [4.69, 9.17) is 11.6 Å². The first kappa shape index (κ1) is 18.9. The Labute approximate surface area is 150 Å². The van der Waals surface area contributed by atoms with Crippen LogP contribution in [0.1, 0.15) is 11.1 Å². The molecule has 0 spiro atoms. The highest BCUT2D eigenvalue weighted by Crippen LogP contribution is 2.32. The van der Waals surface area contributed by atoms with Gasteiger partial charge in [-0.15, -0.1) is 0 Å². The lowest BCUT2D eigenvalue weighted by Gasteiger charge is -2.24. The molecule has 132 valence electrons. The molecule has 9 heteroatoms. The number of carbonyl (C=O) groups excluding carboxylic acids is 1. The van der Waals surface area contributed by atoms with E-state index in [1.54, 1.807) is 32.0 Å². The van der Waals surface area contributed by atoms with Crippen LogP contribution in [0.5, 0.6) is 0 Å². The Kier molecular flexibility index (Phi) is 5.44. The Morgan fingerprint density at radius 2 is 1.84 bits per heavy atom. The smallest absolute Gasteiger partial charge is 0.279 e. The normalized spacial score (nSPS) is 11.2. The number of benzene rings is 2. The highest BCUT2D eigenvalue weighted by molar-refractivity contribution is 7.93. The van der Waals surface area contributed by atoms with Gasteiger partial charge in [-0.3, -0.25) is 19.2 Å². The molecular weight excluding hydrogens is 368 g/mol. The first-order chi connectivity index (χ1) is 11.6. The molecule has 0 heterocycles. The van der Waals surface area contributed by atoms with Crippen molar-refractivity contribution >= 4 is 38.2 Å². The van der Waals surface area contributed by atoms with Gasteiger partial charge < -0.3 is 0 Å². The van der Waals surface area contributed by atoms with Crippen molar-refractivity contribution in [3.8, 4) is 0 Å². The minimum absolute atomic E-state index is 0.243. The summed E-state index contributed by atoms with van der Waals surface area (Å²) in [5.74, 6) is 0. The summed E-state index contributed by atoms with van der Waals surface area (Å²) in [4.78, 5) is 21.4. The lowest BCUT2D eigenvalue weighted by molar-refractivity contribution is -0.387. The Morgan fingerprint density at radius 3 is 2.44 bits per heavy atom. The Hall–Kier alpha value is -2.45. The van der Waals surface area contributed by atoms with Crippen molar-refractivity contribution in [2.75, 3.05) is 10.8 Å². The quantitative estimate of drug-likeness (QED) is 0.434. The molecule has 0 N–H and O–H groups in total. The molecule has 0 aliphatic rings. The number of hydrogen-bond donors (Lipinski definition) is 0. The fraction of sp³-hybridized carbons (Fsp3) is 0.188. The maximum absolute atomic E-state index is 13.1. The summed E-state index contributed by atoms with van der Waals surface area (Å²) in [6, 6.07) is 10.0. The molecular formula is C16H15ClN2O5S. The summed E-state index contributed by atoms with van der Waals surface area (Å²) in [6.07, 6.45) is 0. The van der Waals surface area contributed by atoms with Gasteiger partial charge in [0.15, 0.2) is 4.90 Å². The number of rotatable bonds is 6. The summed E-state index contributed by atoms with van der Waals surface area (Å²) in [5, 5.41) is 10.3. The Balaban J connectivity index is 2.72. The van der Waals surface area contributed by atoms with E-state index in [0.29, 0.717) is 5.56 Å². The monoisotopic (exact) mass is 382 g/mol. The molecule has 2 aromatic rings. The zero-order chi connectivity index (χ0) is 18.8. The molecule has 2 aromatic carbocycles. The van der Waals surface area contributed by atoms with Crippen LogP contribution in [0, 0.1) is 24.0 Å². The molecule has 2 rings (SSSR count). The number of nitro groups is 1. The third-order valence-corrected chi connectivity index (χ3v) is 5.46. The number of carbonyl (C=O) groups is 1. The van der Waals surface area contributed by atoms with Crippen LogP contribution in [0.3, 0.4) is 0 Å². The Morgan fingerprint density at radius 1 is 1.20 bits per heavy atom. The first-order valence-corrected chi connectivity index (χ1v) is 8.98. The van der Waals surface area contributed by atoms with Crippen LogP contribution in [0.15, 0.2) is 47.4 Å². The summed E-state index contributed by atoms with van der Waals surface area (Å²) in [5.41, 5.74) is 1.03. The number of para-hydroxylation sites is 1. The first-order valence-electron chi connectivity index (χ1n) is 7.16. The number of nitro benzene ring substituents is 1. The molecule has 25 heavy (non-hydrogen) atoms. The van der Waals surface area contributed by atoms with Gasteiger partial charge in [0.1, 0.15) is 6.54 Å². The highest BCUT2D eigenvalue weighted by atomic mass is 35.5. The third-order valence-electron chi connectivity index (χ3n) is 3.53. The van der Waals surface area contributed by atoms with Crippen molar-refractivity contribution < 1.29 is 18.1 Å². The molecule has 0 unspecified atom stereocenters. The molecule has 0 saturated carbocycles. The lowest BCUT2D eigenvalue weighted by atomic mass is 10.1. The van der Waals surface area contributed by atoms with Crippen LogP contribution in [0.4, 0.5) is 11.4 Å². The van der Waals surface area contributed by atoms with Crippen molar-refractivity contribution in [3.05, 3.63) is 63.7 Å². The zero-order valence-corrected chi connectivity index (χ0v) is 15.0. The van der Waals surface area contributed by atoms with E-state index in [2.05, 4.69) is 0 Å². The molecule has 0 amide bonds. The van der Waals surface area contributed by atoms with Gasteiger partial charge in [0.2, 0.25) is 5.24 Å². The molecule has 0 fully saturated rings. The van der Waals surface area contributed by atoms with Crippen molar-refractivity contribution in [2.24, 2.45) is 0 Å². The van der Waals surface area contributed by atoms with E-state index < -0.39 is 37.3 Å². The predicted molar refractivity (Wildman–Crippen MR) is 94.4 cm³/mol. The molecule has 0 aliphatic carbocycles. The number of nitrogens with zero attached hydrogens (tertiary/aromatic N) is 2. The van der Waals surface area contributed by atoms with E-state index in [0.717, 1.165) is 22.0 Å². The van der Waals surface area contributed by atoms with Crippen LogP contribution in [-0.4, -0.2) is 25.1 Å². The minimum atomic E-state index is -4.38. The van der Waals surface area contributed by atoms with Gasteiger partial charge in [-0.2, -0.15) is 0 Å². The topological polar surface area (TPSA) is 97.6 Å². The van der Waals surface area contributed by atoms with Crippen LogP contribution >= 0.6 is 11.6 Å². The zero-order valence-electron chi connectivity index (χ0n) is 13.5. The molecule has 0 bridgehead atoms. The van der Waals surface area contributed by atoms with Crippen molar-refractivity contribution in [1.82, 2.24) is 0 Å². The van der Waals surface area contributed by atoms with Crippen molar-refractivity contribution in [2.45, 2.75) is 18.7 Å². The molecule has 0 atom stereocenters. The largest absolute Gasteiger partial charge is 0.289 e. The van der Waals surface area contributed by atoms with Gasteiger partial charge in [-0.25, -0.2) is 8.42 Å². The van der Waals surface area contributed by atoms with Gasteiger partial charge in [0.25, 0.3) is 15.7 Å². The number of anilines is 1. The molecule has 7 nitrogen and oxygen atoms in total. The van der Waals surface area contributed by atoms with E-state index in [9.17, 15) is 23.3 Å². The summed E-state index contributed by atoms with van der Waals surface area (Å²) < 4.78 is 26.9. The highest BCUT2D eigenvalue weighted by Gasteiger charge is 2.33. The van der Waals surface area contributed by atoms with Crippen LogP contribution in [0.25, 0.3) is 0 Å². The van der Waals surface area contributed by atoms with Crippen LogP contribution < -0.4 is 4.31 Å². The van der Waals surface area contributed by atoms with Gasteiger partial charge in [-0.1, -0.05) is 24.3 Å². The summed E-state index contributed by atoms with van der Waals surface area (Å²) in [6.45, 7) is 2.80. The van der Waals surface area contributed by atoms with Crippen molar-refractivity contribution in [1.29, 1.82) is 0 Å². The molecule has 0 aliphatic heterocycles. The number of aryl methyl sites for hydroxylation is 2. The van der Waals surface area contributed by atoms with Crippen molar-refractivity contribution in [3.63, 3.8) is 0 Å². The number of halogens is 1. The van der Waals surface area contributed by atoms with Crippen LogP contribution in [-0.2, 0) is 14.8 Å². The second-order valence-electron chi connectivity index (χ2n) is 5.38. The summed E-state index contributed by atoms with van der Waals surface area (Å²) >= 11 is 5.43. The van der Waals surface area contributed by atoms with Gasteiger partial charge >= 0.3 is 0 Å². The van der Waals surface area contributed by atoms with E-state index in [-0.39, 0.29) is 5.69 Å². The van der Waals surface area contributed by atoms with E-state index in [1.165, 1.54) is 12.1 Å². The third kappa shape index (κ3) is 3.97. The second kappa shape index (κ2) is 7.20. The second-order valence-corrected chi connectivity index (χ2v) is 7.63. The predicted octanol–water partition coefficient (Wildman–Crippen LogP) is 3.17. The van der Waals surface area contributed by atoms with Gasteiger partial charge in [0, 0.05) is 6.07 Å². The SMILES string of the molecule is Cc1ccc(C)c(N(CC(=O)Cl)S(=O)(=O)c2ccccc2[N+](=O)[O-])c1. The van der Waals surface area contributed by atoms with Gasteiger partial charge in [0.05, 0.1) is 10.6 Å². The van der Waals surface area contributed by atoms with Gasteiger partial charge in [-0.05, 0) is 48.7 Å². The molecule has 0 radical (unpaired) electrons. The van der Waals surface area contributed by atoms with E-state index in [1.807, 2.05) is 0 Å². The maximum Gasteiger partial charge on any atom is 0.289 e. The molecule has 0 saturated heterocycles. The summed E-state index contributed by atoms with van der Waals surface area (Å²) in [7, 11) is -4.38. The fourth-order valence-corrected chi connectivity index (χ4v) is 4.17. The minimum Gasteiger partial charge on any atom is -0.279 e. The lowest BCUT2D eigenvalue weighted by Crippen LogP contribution is -2.35.